The second-order valence-electron chi connectivity index (χ2n) is 9.98. The Morgan fingerprint density at radius 3 is 1.74 bits per heavy atom. The van der Waals surface area contributed by atoms with Crippen molar-refractivity contribution in [2.75, 3.05) is 0 Å². The molecule has 3 amide bonds. The first-order chi connectivity index (χ1) is 18.4. The number of carbonyl (C=O) groups excluding carboxylic acids is 3. The molecule has 11 heteroatoms. The molecule has 2 aromatic rings. The van der Waals surface area contributed by atoms with Gasteiger partial charge in [0.25, 0.3) is 0 Å². The van der Waals surface area contributed by atoms with Crippen LogP contribution >= 0.6 is 0 Å². The minimum Gasteiger partial charge on any atom is -0.508 e. The maximum absolute atomic E-state index is 13.5. The van der Waals surface area contributed by atoms with Gasteiger partial charge in [-0.3, -0.25) is 14.4 Å². The average molecular weight is 543 g/mol. The van der Waals surface area contributed by atoms with Gasteiger partial charge in [0, 0.05) is 12.8 Å². The highest BCUT2D eigenvalue weighted by atomic mass is 16.4. The highest BCUT2D eigenvalue weighted by Gasteiger charge is 2.32. The van der Waals surface area contributed by atoms with Gasteiger partial charge >= 0.3 is 5.97 Å². The lowest BCUT2D eigenvalue weighted by Crippen LogP contribution is -2.59. The Kier molecular flexibility index (Phi) is 11.9. The zero-order valence-corrected chi connectivity index (χ0v) is 22.3. The molecule has 0 saturated carbocycles. The summed E-state index contributed by atoms with van der Waals surface area (Å²) in [7, 11) is 0. The summed E-state index contributed by atoms with van der Waals surface area (Å²) in [6.07, 6.45) is -0.925. The van der Waals surface area contributed by atoms with E-state index in [2.05, 4.69) is 16.0 Å². The van der Waals surface area contributed by atoms with Crippen LogP contribution in [0.4, 0.5) is 0 Å². The summed E-state index contributed by atoms with van der Waals surface area (Å²) in [5.41, 5.74) is 7.36. The summed E-state index contributed by atoms with van der Waals surface area (Å²) < 4.78 is 0. The van der Waals surface area contributed by atoms with Gasteiger partial charge in [0.2, 0.25) is 17.7 Å². The van der Waals surface area contributed by atoms with Crippen molar-refractivity contribution in [2.45, 2.75) is 70.3 Å². The molecule has 0 spiro atoms. The zero-order valence-electron chi connectivity index (χ0n) is 22.3. The Bertz CT molecular complexity index is 1110. The van der Waals surface area contributed by atoms with Crippen molar-refractivity contribution in [3.8, 4) is 5.75 Å². The van der Waals surface area contributed by atoms with Gasteiger partial charge in [-0.2, -0.15) is 0 Å². The number of aromatic hydroxyl groups is 1. The summed E-state index contributed by atoms with van der Waals surface area (Å²) in [5, 5.41) is 36.4. The minimum atomic E-state index is -1.61. The number of carbonyl (C=O) groups is 4. The summed E-state index contributed by atoms with van der Waals surface area (Å²) in [4.78, 5) is 51.0. The van der Waals surface area contributed by atoms with Crippen molar-refractivity contribution in [2.24, 2.45) is 11.7 Å². The van der Waals surface area contributed by atoms with E-state index in [4.69, 9.17) is 5.73 Å². The summed E-state index contributed by atoms with van der Waals surface area (Å²) in [5.74, 6) is -3.31. The summed E-state index contributed by atoms with van der Waals surface area (Å²) in [6.45, 7) is 5.06. The molecule has 8 N–H and O–H groups in total. The maximum Gasteiger partial charge on any atom is 0.328 e. The molecular weight excluding hydrogens is 504 g/mol. The fraction of sp³-hybridized carbons (Fsp3) is 0.429. The van der Waals surface area contributed by atoms with E-state index in [9.17, 15) is 34.5 Å². The van der Waals surface area contributed by atoms with E-state index >= 15 is 0 Å². The van der Waals surface area contributed by atoms with Crippen LogP contribution in [0.25, 0.3) is 0 Å². The Balaban J connectivity index is 2.32. The van der Waals surface area contributed by atoms with Crippen LogP contribution in [0.5, 0.6) is 5.75 Å². The van der Waals surface area contributed by atoms with Gasteiger partial charge in [0.1, 0.15) is 17.8 Å². The third-order valence-corrected chi connectivity index (χ3v) is 6.03. The number of benzene rings is 2. The van der Waals surface area contributed by atoms with E-state index in [0.29, 0.717) is 12.0 Å². The summed E-state index contributed by atoms with van der Waals surface area (Å²) >= 11 is 0. The van der Waals surface area contributed by atoms with Crippen LogP contribution in [0.15, 0.2) is 54.6 Å². The molecule has 39 heavy (non-hydrogen) atoms. The van der Waals surface area contributed by atoms with Crippen molar-refractivity contribution in [3.05, 3.63) is 65.7 Å². The first-order valence-electron chi connectivity index (χ1n) is 12.8. The standard InChI is InChI=1S/C28H38N4O7/c1-16(2)13-21(29)25(35)30-22(14-18-7-5-4-6-8-18)26(36)31-23(15-19-9-11-20(34)12-10-19)27(37)32-24(17(3)33)28(38)39/h4-12,16-17,21-24,33-34H,13-15,29H2,1-3H3,(H,30,35)(H,31,36)(H,32,37)(H,38,39). The number of amides is 3. The maximum atomic E-state index is 13.5. The average Bonchev–Trinajstić information content (AvgIpc) is 2.87. The lowest BCUT2D eigenvalue weighted by atomic mass is 10.0. The molecule has 212 valence electrons. The van der Waals surface area contributed by atoms with Crippen LogP contribution in [0.1, 0.15) is 38.3 Å². The number of aliphatic hydroxyl groups is 1. The molecule has 5 atom stereocenters. The van der Waals surface area contributed by atoms with Crippen LogP contribution in [-0.2, 0) is 32.0 Å². The molecule has 0 fully saturated rings. The van der Waals surface area contributed by atoms with E-state index < -0.39 is 54.0 Å². The second-order valence-corrected chi connectivity index (χ2v) is 9.98. The van der Waals surface area contributed by atoms with E-state index in [-0.39, 0.29) is 24.5 Å². The normalized spacial score (nSPS) is 14.9. The van der Waals surface area contributed by atoms with Crippen molar-refractivity contribution in [1.82, 2.24) is 16.0 Å². The fourth-order valence-corrected chi connectivity index (χ4v) is 3.94. The minimum absolute atomic E-state index is 0.00667. The van der Waals surface area contributed by atoms with E-state index in [1.807, 2.05) is 19.9 Å². The number of hydrogen-bond donors (Lipinski definition) is 7. The molecule has 0 aliphatic carbocycles. The van der Waals surface area contributed by atoms with Crippen LogP contribution in [0.2, 0.25) is 0 Å². The van der Waals surface area contributed by atoms with E-state index in [1.165, 1.54) is 19.1 Å². The van der Waals surface area contributed by atoms with Gasteiger partial charge in [-0.25, -0.2) is 4.79 Å². The highest BCUT2D eigenvalue weighted by Crippen LogP contribution is 2.13. The first kappa shape index (κ1) is 31.3. The molecule has 0 aliphatic heterocycles. The number of phenolic OH excluding ortho intramolecular Hbond substituents is 1. The largest absolute Gasteiger partial charge is 0.508 e. The van der Waals surface area contributed by atoms with Crippen molar-refractivity contribution < 1.29 is 34.5 Å². The number of aliphatic carboxylic acids is 1. The van der Waals surface area contributed by atoms with Gasteiger partial charge < -0.3 is 37.0 Å². The molecular formula is C28H38N4O7. The van der Waals surface area contributed by atoms with Crippen molar-refractivity contribution >= 4 is 23.7 Å². The molecule has 0 bridgehead atoms. The summed E-state index contributed by atoms with van der Waals surface area (Å²) in [6, 6.07) is 10.1. The number of nitrogens with two attached hydrogens (primary N) is 1. The Morgan fingerprint density at radius 1 is 0.769 bits per heavy atom. The molecule has 11 nitrogen and oxygen atoms in total. The smallest absolute Gasteiger partial charge is 0.328 e. The van der Waals surface area contributed by atoms with Crippen molar-refractivity contribution in [3.63, 3.8) is 0 Å². The quantitative estimate of drug-likeness (QED) is 0.179. The van der Waals surface area contributed by atoms with Crippen LogP contribution < -0.4 is 21.7 Å². The third-order valence-electron chi connectivity index (χ3n) is 6.03. The molecule has 0 heterocycles. The highest BCUT2D eigenvalue weighted by molar-refractivity contribution is 5.94. The first-order valence-corrected chi connectivity index (χ1v) is 12.8. The Hall–Kier alpha value is -3.96. The zero-order chi connectivity index (χ0) is 29.1. The van der Waals surface area contributed by atoms with Crippen LogP contribution in [-0.4, -0.2) is 69.3 Å². The molecule has 2 rings (SSSR count). The van der Waals surface area contributed by atoms with Gasteiger partial charge in [0.05, 0.1) is 12.1 Å². The number of rotatable bonds is 14. The lowest BCUT2D eigenvalue weighted by Gasteiger charge is -2.26. The molecule has 0 saturated heterocycles. The fourth-order valence-electron chi connectivity index (χ4n) is 3.94. The van der Waals surface area contributed by atoms with Gasteiger partial charge in [-0.15, -0.1) is 0 Å². The molecule has 0 aromatic heterocycles. The second kappa shape index (κ2) is 14.8. The number of nitrogens with one attached hydrogen (secondary N) is 3. The number of carboxylic acid groups (broad SMARTS) is 1. The SMILES string of the molecule is CC(C)CC(N)C(=O)NC(Cc1ccccc1)C(=O)NC(Cc1ccc(O)cc1)C(=O)NC(C(=O)O)C(C)O. The number of carboxylic acids is 1. The Labute approximate surface area is 227 Å². The molecule has 5 unspecified atom stereocenters. The van der Waals surface area contributed by atoms with Crippen molar-refractivity contribution in [1.29, 1.82) is 0 Å². The van der Waals surface area contributed by atoms with E-state index in [0.717, 1.165) is 5.56 Å². The monoisotopic (exact) mass is 542 g/mol. The number of hydrogen-bond acceptors (Lipinski definition) is 7. The van der Waals surface area contributed by atoms with Gasteiger partial charge in [-0.05, 0) is 42.5 Å². The van der Waals surface area contributed by atoms with Gasteiger partial charge in [-0.1, -0.05) is 56.3 Å². The number of phenols is 1. The third kappa shape index (κ3) is 10.4. The molecule has 0 aliphatic rings. The van der Waals surface area contributed by atoms with E-state index in [1.54, 1.807) is 36.4 Å². The predicted molar refractivity (Wildman–Crippen MR) is 144 cm³/mol. The topological polar surface area (TPSA) is 191 Å². The lowest BCUT2D eigenvalue weighted by molar-refractivity contribution is -0.145. The van der Waals surface area contributed by atoms with Crippen LogP contribution in [0, 0.1) is 5.92 Å². The van der Waals surface area contributed by atoms with Gasteiger partial charge in [0.15, 0.2) is 6.04 Å². The Morgan fingerprint density at radius 2 is 1.26 bits per heavy atom. The number of aliphatic hydroxyl groups excluding tert-OH is 1. The predicted octanol–water partition coefficient (Wildman–Crippen LogP) is 0.471. The molecule has 0 radical (unpaired) electrons. The molecule has 2 aromatic carbocycles. The van der Waals surface area contributed by atoms with Crippen LogP contribution in [0.3, 0.4) is 0 Å².